The van der Waals surface area contributed by atoms with Gasteiger partial charge < -0.3 is 15.4 Å². The van der Waals surface area contributed by atoms with E-state index >= 15 is 0 Å². The zero-order valence-corrected chi connectivity index (χ0v) is 12.8. The summed E-state index contributed by atoms with van der Waals surface area (Å²) in [5.74, 6) is -0.205. The first-order chi connectivity index (χ1) is 9.52. The molecule has 1 aliphatic rings. The summed E-state index contributed by atoms with van der Waals surface area (Å²) in [5, 5.41) is 0. The quantitative estimate of drug-likeness (QED) is 0.569. The molecular formula is C15H26N2O3. The van der Waals surface area contributed by atoms with E-state index in [1.807, 2.05) is 20.8 Å². The van der Waals surface area contributed by atoms with E-state index < -0.39 is 0 Å². The molecule has 0 saturated carbocycles. The first kappa shape index (κ1) is 16.7. The van der Waals surface area contributed by atoms with E-state index in [1.54, 1.807) is 4.90 Å². The predicted octanol–water partition coefficient (Wildman–Crippen LogP) is 1.62. The maximum atomic E-state index is 12.3. The number of carbonyl (C=O) groups excluding carboxylic acids is 2. The van der Waals surface area contributed by atoms with Gasteiger partial charge >= 0.3 is 5.97 Å². The normalized spacial score (nSPS) is 18.0. The lowest BCUT2D eigenvalue weighted by atomic mass is 9.99. The van der Waals surface area contributed by atoms with Crippen LogP contribution < -0.4 is 5.73 Å². The number of carbonyl (C=O) groups is 2. The molecule has 5 heteroatoms. The van der Waals surface area contributed by atoms with E-state index in [0.717, 1.165) is 18.4 Å². The highest BCUT2D eigenvalue weighted by molar-refractivity contribution is 5.92. The second-order valence-electron chi connectivity index (χ2n) is 5.24. The molecule has 0 aromatic rings. The minimum absolute atomic E-state index is 0.110. The highest BCUT2D eigenvalue weighted by atomic mass is 16.5. The minimum Gasteiger partial charge on any atom is -0.462 e. The summed E-state index contributed by atoms with van der Waals surface area (Å²) in [6.07, 6.45) is 2.85. The molecule has 0 spiro atoms. The number of likely N-dealkylation sites (tertiary alicyclic amines) is 1. The largest absolute Gasteiger partial charge is 0.462 e. The van der Waals surface area contributed by atoms with Crippen molar-refractivity contribution in [2.24, 2.45) is 5.73 Å². The third-order valence-electron chi connectivity index (χ3n) is 3.63. The van der Waals surface area contributed by atoms with Crippen molar-refractivity contribution >= 4 is 11.9 Å². The highest BCUT2D eigenvalue weighted by Gasteiger charge is 2.31. The average molecular weight is 282 g/mol. The van der Waals surface area contributed by atoms with Gasteiger partial charge in [-0.05, 0) is 39.7 Å². The van der Waals surface area contributed by atoms with E-state index in [2.05, 4.69) is 0 Å². The van der Waals surface area contributed by atoms with Crippen LogP contribution in [0.25, 0.3) is 0 Å². The van der Waals surface area contributed by atoms with Crippen LogP contribution >= 0.6 is 0 Å². The second kappa shape index (κ2) is 8.04. The van der Waals surface area contributed by atoms with E-state index in [0.29, 0.717) is 38.1 Å². The first-order valence-corrected chi connectivity index (χ1v) is 7.39. The van der Waals surface area contributed by atoms with Crippen LogP contribution in [0.15, 0.2) is 11.1 Å². The van der Waals surface area contributed by atoms with Gasteiger partial charge in [0.1, 0.15) is 0 Å². The fourth-order valence-corrected chi connectivity index (χ4v) is 2.56. The van der Waals surface area contributed by atoms with Crippen LogP contribution in [0, 0.1) is 0 Å². The van der Waals surface area contributed by atoms with Crippen molar-refractivity contribution < 1.29 is 14.3 Å². The summed E-state index contributed by atoms with van der Waals surface area (Å²) in [6, 6.07) is -0.235. The second-order valence-corrected chi connectivity index (χ2v) is 5.24. The fraction of sp³-hybridized carbons (Fsp3) is 0.733. The summed E-state index contributed by atoms with van der Waals surface area (Å²) >= 11 is 0. The molecule has 0 radical (unpaired) electrons. The van der Waals surface area contributed by atoms with Crippen molar-refractivity contribution in [2.45, 2.75) is 52.5 Å². The molecule has 1 atom stereocenters. The first-order valence-electron chi connectivity index (χ1n) is 7.39. The van der Waals surface area contributed by atoms with Gasteiger partial charge in [0.05, 0.1) is 18.2 Å². The van der Waals surface area contributed by atoms with Crippen molar-refractivity contribution in [3.63, 3.8) is 0 Å². The number of amides is 1. The van der Waals surface area contributed by atoms with Gasteiger partial charge in [-0.1, -0.05) is 12.5 Å². The Kier molecular flexibility index (Phi) is 6.71. The Bertz CT molecular complexity index is 391. The molecule has 1 aliphatic heterocycles. The van der Waals surface area contributed by atoms with Gasteiger partial charge in [0.25, 0.3) is 0 Å². The number of nitrogens with zero attached hydrogens (tertiary/aromatic N) is 1. The molecule has 1 fully saturated rings. The Morgan fingerprint density at radius 2 is 2.20 bits per heavy atom. The summed E-state index contributed by atoms with van der Waals surface area (Å²) in [7, 11) is 0. The van der Waals surface area contributed by atoms with Gasteiger partial charge in [0, 0.05) is 13.0 Å². The number of esters is 1. The van der Waals surface area contributed by atoms with Crippen molar-refractivity contribution in [2.75, 3.05) is 19.7 Å². The topological polar surface area (TPSA) is 72.6 Å². The Labute approximate surface area is 121 Å². The summed E-state index contributed by atoms with van der Waals surface area (Å²) in [4.78, 5) is 25.9. The Hall–Kier alpha value is -1.36. The lowest BCUT2D eigenvalue weighted by molar-refractivity contribution is -0.140. The average Bonchev–Trinajstić information content (AvgIpc) is 2.83. The predicted molar refractivity (Wildman–Crippen MR) is 78.0 cm³/mol. The van der Waals surface area contributed by atoms with Crippen LogP contribution in [0.1, 0.15) is 46.5 Å². The molecule has 114 valence electrons. The van der Waals surface area contributed by atoms with Gasteiger partial charge in [-0.2, -0.15) is 0 Å². The molecule has 0 aromatic carbocycles. The molecule has 1 amide bonds. The summed E-state index contributed by atoms with van der Waals surface area (Å²) in [5.41, 5.74) is 7.10. The van der Waals surface area contributed by atoms with Crippen LogP contribution in [0.3, 0.4) is 0 Å². The van der Waals surface area contributed by atoms with Crippen LogP contribution in [0.2, 0.25) is 0 Å². The van der Waals surface area contributed by atoms with E-state index in [4.69, 9.17) is 10.5 Å². The number of ether oxygens (including phenoxy) is 1. The molecule has 0 bridgehead atoms. The SMILES string of the molecule is CCCOC(=O)C(=C(C)CCN)C(C)N1CCCC1=O. The molecule has 1 heterocycles. The molecule has 1 unspecified atom stereocenters. The molecule has 1 rings (SSSR count). The minimum atomic E-state index is -0.315. The molecule has 0 aromatic heterocycles. The lowest BCUT2D eigenvalue weighted by Crippen LogP contribution is -2.38. The highest BCUT2D eigenvalue weighted by Crippen LogP contribution is 2.23. The Balaban J connectivity index is 2.94. The van der Waals surface area contributed by atoms with Gasteiger partial charge in [-0.25, -0.2) is 4.79 Å². The molecule has 2 N–H and O–H groups in total. The van der Waals surface area contributed by atoms with Crippen molar-refractivity contribution in [1.82, 2.24) is 4.90 Å². The van der Waals surface area contributed by atoms with Crippen molar-refractivity contribution in [3.05, 3.63) is 11.1 Å². The third-order valence-corrected chi connectivity index (χ3v) is 3.63. The van der Waals surface area contributed by atoms with Crippen LogP contribution in [-0.4, -0.2) is 42.5 Å². The van der Waals surface area contributed by atoms with Crippen molar-refractivity contribution in [3.8, 4) is 0 Å². The zero-order valence-electron chi connectivity index (χ0n) is 12.8. The van der Waals surface area contributed by atoms with Crippen LogP contribution in [0.5, 0.6) is 0 Å². The fourth-order valence-electron chi connectivity index (χ4n) is 2.56. The summed E-state index contributed by atoms with van der Waals surface area (Å²) < 4.78 is 5.26. The van der Waals surface area contributed by atoms with E-state index in [-0.39, 0.29) is 17.9 Å². The number of hydrogen-bond acceptors (Lipinski definition) is 4. The van der Waals surface area contributed by atoms with E-state index in [9.17, 15) is 9.59 Å². The third kappa shape index (κ3) is 4.07. The Morgan fingerprint density at radius 3 is 2.70 bits per heavy atom. The smallest absolute Gasteiger partial charge is 0.336 e. The lowest BCUT2D eigenvalue weighted by Gasteiger charge is -2.27. The van der Waals surface area contributed by atoms with Gasteiger partial charge in [-0.3, -0.25) is 4.79 Å². The molecular weight excluding hydrogens is 256 g/mol. The summed E-state index contributed by atoms with van der Waals surface area (Å²) in [6.45, 7) is 7.34. The standard InChI is InChI=1S/C15H26N2O3/c1-4-10-20-15(19)14(11(2)7-8-16)12(3)17-9-5-6-13(17)18/h12H,4-10,16H2,1-3H3. The zero-order chi connectivity index (χ0) is 15.1. The van der Waals surface area contributed by atoms with Gasteiger partial charge in [0.2, 0.25) is 5.91 Å². The van der Waals surface area contributed by atoms with Crippen LogP contribution in [0.4, 0.5) is 0 Å². The monoisotopic (exact) mass is 282 g/mol. The molecule has 0 aliphatic carbocycles. The maximum absolute atomic E-state index is 12.3. The number of hydrogen-bond donors (Lipinski definition) is 1. The van der Waals surface area contributed by atoms with Gasteiger partial charge in [-0.15, -0.1) is 0 Å². The van der Waals surface area contributed by atoms with Gasteiger partial charge in [0.15, 0.2) is 0 Å². The van der Waals surface area contributed by atoms with Crippen molar-refractivity contribution in [1.29, 1.82) is 0 Å². The maximum Gasteiger partial charge on any atom is 0.336 e. The Morgan fingerprint density at radius 1 is 1.50 bits per heavy atom. The molecule has 1 saturated heterocycles. The molecule has 20 heavy (non-hydrogen) atoms. The van der Waals surface area contributed by atoms with Crippen LogP contribution in [-0.2, 0) is 14.3 Å². The molecule has 5 nitrogen and oxygen atoms in total. The number of rotatable bonds is 7. The van der Waals surface area contributed by atoms with E-state index in [1.165, 1.54) is 0 Å². The number of nitrogens with two attached hydrogens (primary N) is 1.